The summed E-state index contributed by atoms with van der Waals surface area (Å²) in [5.41, 5.74) is 3.35. The van der Waals surface area contributed by atoms with Gasteiger partial charge in [-0.15, -0.1) is 0 Å². The first-order valence-electron chi connectivity index (χ1n) is 21.0. The predicted molar refractivity (Wildman–Crippen MR) is 227 cm³/mol. The smallest absolute Gasteiger partial charge is 0.301 e. The lowest BCUT2D eigenvalue weighted by Gasteiger charge is -2.39. The van der Waals surface area contributed by atoms with Crippen LogP contribution < -0.4 is 36.0 Å². The number of anilines is 5. The highest BCUT2D eigenvalue weighted by atomic mass is 35.5. The van der Waals surface area contributed by atoms with Gasteiger partial charge in [-0.3, -0.25) is 33.8 Å². The van der Waals surface area contributed by atoms with E-state index >= 15 is 8.78 Å². The van der Waals surface area contributed by atoms with E-state index in [9.17, 15) is 14.4 Å². The van der Waals surface area contributed by atoms with E-state index in [2.05, 4.69) is 58.8 Å². The van der Waals surface area contributed by atoms with Gasteiger partial charge in [0.25, 0.3) is 5.56 Å². The van der Waals surface area contributed by atoms with Crippen LogP contribution in [0.2, 0.25) is 5.02 Å². The highest BCUT2D eigenvalue weighted by Crippen LogP contribution is 2.45. The number of benzene rings is 1. The summed E-state index contributed by atoms with van der Waals surface area (Å²) in [6, 6.07) is 6.92. The number of hydrogen-bond donors (Lipinski definition) is 3. The van der Waals surface area contributed by atoms with Gasteiger partial charge in [0.05, 0.1) is 46.9 Å². The van der Waals surface area contributed by atoms with Crippen LogP contribution in [0.15, 0.2) is 41.5 Å². The van der Waals surface area contributed by atoms with E-state index in [0.29, 0.717) is 65.1 Å². The number of amides is 2. The summed E-state index contributed by atoms with van der Waals surface area (Å²) in [6.45, 7) is 5.48. The van der Waals surface area contributed by atoms with Gasteiger partial charge in [0, 0.05) is 82.8 Å². The maximum absolute atomic E-state index is 15.1. The van der Waals surface area contributed by atoms with Crippen LogP contribution >= 0.6 is 11.6 Å². The molecule has 1 saturated carbocycles. The molecule has 61 heavy (non-hydrogen) atoms. The monoisotopic (exact) mass is 856 g/mol. The van der Waals surface area contributed by atoms with Gasteiger partial charge in [0.15, 0.2) is 12.4 Å². The zero-order valence-electron chi connectivity index (χ0n) is 34.0. The normalized spacial score (nSPS) is 22.4. The molecule has 0 spiro atoms. The molecule has 1 aromatic carbocycles. The molecule has 2 amide bonds. The van der Waals surface area contributed by atoms with E-state index in [4.69, 9.17) is 26.4 Å². The van der Waals surface area contributed by atoms with Crippen LogP contribution in [0.1, 0.15) is 50.1 Å². The number of halogens is 3. The van der Waals surface area contributed by atoms with Crippen molar-refractivity contribution in [1.82, 2.24) is 39.5 Å². The third kappa shape index (κ3) is 7.46. The third-order valence-electron chi connectivity index (χ3n) is 13.0. The minimum atomic E-state index is -3.15. The first kappa shape index (κ1) is 39.5. The Labute approximate surface area is 354 Å². The van der Waals surface area contributed by atoms with Crippen molar-refractivity contribution in [3.8, 4) is 5.75 Å². The number of nitrogens with zero attached hydrogens (tertiary/aromatic N) is 9. The van der Waals surface area contributed by atoms with Crippen molar-refractivity contribution in [2.45, 2.75) is 56.4 Å². The Morgan fingerprint density at radius 2 is 1.72 bits per heavy atom. The van der Waals surface area contributed by atoms with E-state index < -0.39 is 30.0 Å². The summed E-state index contributed by atoms with van der Waals surface area (Å²) >= 11 is 6.61. The van der Waals surface area contributed by atoms with Gasteiger partial charge in [-0.1, -0.05) is 11.6 Å². The topological polar surface area (TPSA) is 168 Å². The zero-order chi connectivity index (χ0) is 42.2. The molecule has 4 aromatic heterocycles. The van der Waals surface area contributed by atoms with Crippen LogP contribution in [0.5, 0.6) is 5.75 Å². The second-order valence-electron chi connectivity index (χ2n) is 17.1. The molecule has 2 atom stereocenters. The molecule has 8 heterocycles. The molecule has 4 fully saturated rings. The Balaban J connectivity index is 0.763. The van der Waals surface area contributed by atoms with Crippen molar-refractivity contribution in [2.24, 2.45) is 25.9 Å². The van der Waals surface area contributed by atoms with Gasteiger partial charge in [-0.2, -0.15) is 10.1 Å². The van der Waals surface area contributed by atoms with E-state index in [0.717, 1.165) is 80.9 Å². The fraction of sp³-hybridized carbons (Fsp3) is 0.500. The molecule has 3 N–H and O–H groups in total. The van der Waals surface area contributed by atoms with Crippen molar-refractivity contribution in [3.05, 3.63) is 57.7 Å². The van der Waals surface area contributed by atoms with Crippen molar-refractivity contribution >= 4 is 74.2 Å². The van der Waals surface area contributed by atoms with Crippen LogP contribution in [0.4, 0.5) is 37.6 Å². The number of fused-ring (bicyclic) bond motifs is 4. The number of carbonyl (C=O) groups excluding carboxylic acids is 2. The molecule has 16 nitrogen and oxygen atoms in total. The number of aryl methyl sites for hydroxylation is 2. The van der Waals surface area contributed by atoms with Gasteiger partial charge in [0.1, 0.15) is 10.7 Å². The number of piperazine rings is 1. The quantitative estimate of drug-likeness (QED) is 0.183. The summed E-state index contributed by atoms with van der Waals surface area (Å²) in [7, 11) is 3.44. The molecule has 10 rings (SSSR count). The molecular weight excluding hydrogens is 810 g/mol. The Morgan fingerprint density at radius 1 is 0.934 bits per heavy atom. The molecule has 4 aliphatic heterocycles. The van der Waals surface area contributed by atoms with Crippen molar-refractivity contribution < 1.29 is 23.1 Å². The standard InChI is InChI=1S/C42H47ClF2N12O4/c1-53-38-29(34-35(40(53)60)61-22-42(44,45)36(50-34)24-3-4-24)17-25(19-46-38)48-37-30(43)20-47-41(51-37)57-11-9-23(10-12-57)21-55-13-15-56(16-14-55)26-5-6-27-31(18-26)54(2)52-33(27)28-7-8-32(58)49-39(28)59/h5-6,17-20,23-24,28,36,50H,3-4,7-16,21-22H2,1-2H3,(H,47,48,51)(H,49,58,59)/t28?,36-/m0/s1. The number of hydrogen-bond acceptors (Lipinski definition) is 13. The Hall–Kier alpha value is -5.62. The fourth-order valence-corrected chi connectivity index (χ4v) is 9.57. The minimum absolute atomic E-state index is 0.145. The summed E-state index contributed by atoms with van der Waals surface area (Å²) in [6.07, 6.45) is 7.29. The van der Waals surface area contributed by atoms with Gasteiger partial charge in [0.2, 0.25) is 23.5 Å². The van der Waals surface area contributed by atoms with E-state index in [1.807, 2.05) is 11.7 Å². The summed E-state index contributed by atoms with van der Waals surface area (Å²) in [4.78, 5) is 58.5. The van der Waals surface area contributed by atoms with Crippen LogP contribution in [-0.4, -0.2) is 110 Å². The lowest BCUT2D eigenvalue weighted by Crippen LogP contribution is -2.49. The minimum Gasteiger partial charge on any atom is -0.480 e. The maximum atomic E-state index is 15.1. The number of rotatable bonds is 8. The van der Waals surface area contributed by atoms with Crippen LogP contribution in [0, 0.1) is 11.8 Å². The zero-order valence-corrected chi connectivity index (χ0v) is 34.7. The average Bonchev–Trinajstić information content (AvgIpc) is 4.06. The molecule has 3 saturated heterocycles. The number of aromatic nitrogens is 6. The second-order valence-corrected chi connectivity index (χ2v) is 17.5. The number of ether oxygens (including phenoxy) is 1. The highest BCUT2D eigenvalue weighted by Gasteiger charge is 2.51. The molecule has 0 bridgehead atoms. The fourth-order valence-electron chi connectivity index (χ4n) is 9.43. The number of piperidine rings is 2. The van der Waals surface area contributed by atoms with E-state index in [1.165, 1.54) is 4.57 Å². The molecule has 320 valence electrons. The van der Waals surface area contributed by atoms with E-state index in [1.54, 1.807) is 25.5 Å². The van der Waals surface area contributed by atoms with Crippen LogP contribution in [-0.2, 0) is 23.7 Å². The Morgan fingerprint density at radius 3 is 2.48 bits per heavy atom. The summed E-state index contributed by atoms with van der Waals surface area (Å²) < 4.78 is 38.9. The molecular formula is C42H47ClF2N12O4. The molecule has 1 unspecified atom stereocenters. The van der Waals surface area contributed by atoms with E-state index in [-0.39, 0.29) is 29.2 Å². The van der Waals surface area contributed by atoms with Crippen molar-refractivity contribution in [1.29, 1.82) is 0 Å². The number of alkyl halides is 2. The first-order chi connectivity index (χ1) is 29.4. The predicted octanol–water partition coefficient (Wildman–Crippen LogP) is 4.78. The first-order valence-corrected chi connectivity index (χ1v) is 21.4. The van der Waals surface area contributed by atoms with Crippen LogP contribution in [0.25, 0.3) is 21.9 Å². The molecule has 5 aliphatic rings. The second kappa shape index (κ2) is 15.4. The molecule has 1 aliphatic carbocycles. The van der Waals surface area contributed by atoms with Gasteiger partial charge in [-0.05, 0) is 68.2 Å². The Bertz CT molecular complexity index is 2620. The largest absolute Gasteiger partial charge is 0.480 e. The Kier molecular flexibility index (Phi) is 9.96. The SMILES string of the molecule is Cn1nc(C2CCC(=O)NC2=O)c2ccc(N3CCN(CC4CCN(c5ncc(Cl)c(Nc6cnc7c(c6)c6c(c(=O)n7C)OCC(F)(F)[C@H](C7CC7)N6)n5)CC4)CC3)cc21. The van der Waals surface area contributed by atoms with Crippen molar-refractivity contribution in [2.75, 3.05) is 72.9 Å². The number of imide groups is 1. The molecule has 19 heteroatoms. The highest BCUT2D eigenvalue weighted by molar-refractivity contribution is 6.33. The maximum Gasteiger partial charge on any atom is 0.301 e. The van der Waals surface area contributed by atoms with Crippen LogP contribution in [0.3, 0.4) is 0 Å². The van der Waals surface area contributed by atoms with Gasteiger partial charge >= 0.3 is 5.92 Å². The number of nitrogens with one attached hydrogen (secondary N) is 3. The molecule has 0 radical (unpaired) electrons. The summed E-state index contributed by atoms with van der Waals surface area (Å²) in [5.74, 6) is -2.95. The molecule has 5 aromatic rings. The lowest BCUT2D eigenvalue weighted by atomic mass is 9.93. The average molecular weight is 857 g/mol. The van der Waals surface area contributed by atoms with Crippen molar-refractivity contribution in [3.63, 3.8) is 0 Å². The lowest BCUT2D eigenvalue weighted by molar-refractivity contribution is -0.134. The summed E-state index contributed by atoms with van der Waals surface area (Å²) in [5, 5.41) is 15.1. The van der Waals surface area contributed by atoms with Gasteiger partial charge in [-0.25, -0.2) is 18.7 Å². The third-order valence-corrected chi connectivity index (χ3v) is 13.3. The van der Waals surface area contributed by atoms with Gasteiger partial charge < -0.3 is 25.2 Å². The number of carbonyl (C=O) groups is 2. The number of pyridine rings is 2.